The van der Waals surface area contributed by atoms with Gasteiger partial charge in [0, 0.05) is 6.04 Å². The van der Waals surface area contributed by atoms with Crippen LogP contribution in [-0.2, 0) is 11.3 Å². The van der Waals surface area contributed by atoms with E-state index >= 15 is 0 Å². The Morgan fingerprint density at radius 2 is 2.21 bits per heavy atom. The Labute approximate surface area is 110 Å². The molecule has 2 rings (SSSR count). The summed E-state index contributed by atoms with van der Waals surface area (Å²) in [6.07, 6.45) is 2.85. The molecule has 0 atom stereocenters. The summed E-state index contributed by atoms with van der Waals surface area (Å²) in [4.78, 5) is 19.7. The molecule has 0 bridgehead atoms. The van der Waals surface area contributed by atoms with Gasteiger partial charge in [-0.15, -0.1) is 0 Å². The highest BCUT2D eigenvalue weighted by Crippen LogP contribution is 2.08. The van der Waals surface area contributed by atoms with Crippen LogP contribution in [0.3, 0.4) is 0 Å². The molecule has 0 saturated heterocycles. The smallest absolute Gasteiger partial charge is 0.357 e. The maximum absolute atomic E-state index is 11.7. The van der Waals surface area contributed by atoms with Crippen LogP contribution in [0, 0.1) is 0 Å². The van der Waals surface area contributed by atoms with Crippen molar-refractivity contribution in [2.24, 2.45) is 0 Å². The molecule has 2 aromatic heterocycles. The van der Waals surface area contributed by atoms with E-state index in [1.54, 1.807) is 10.7 Å². The number of hydrogen-bond donors (Lipinski definition) is 1. The van der Waals surface area contributed by atoms with Gasteiger partial charge in [-0.2, -0.15) is 5.10 Å². The SMILES string of the molecule is CC(C)n1ncnc1COC(=O)c1ccc(N)cn1. The summed E-state index contributed by atoms with van der Waals surface area (Å²) < 4.78 is 6.84. The molecule has 0 aromatic carbocycles. The van der Waals surface area contributed by atoms with Crippen LogP contribution in [0.5, 0.6) is 0 Å². The monoisotopic (exact) mass is 261 g/mol. The van der Waals surface area contributed by atoms with E-state index in [-0.39, 0.29) is 18.3 Å². The lowest BCUT2D eigenvalue weighted by Crippen LogP contribution is -2.13. The number of carbonyl (C=O) groups is 1. The summed E-state index contributed by atoms with van der Waals surface area (Å²) in [7, 11) is 0. The predicted molar refractivity (Wildman–Crippen MR) is 68.2 cm³/mol. The Bertz CT molecular complexity index is 562. The first-order chi connectivity index (χ1) is 9.08. The second-order valence-electron chi connectivity index (χ2n) is 4.27. The molecular weight excluding hydrogens is 246 g/mol. The number of esters is 1. The summed E-state index contributed by atoms with van der Waals surface area (Å²) in [5.41, 5.74) is 6.20. The van der Waals surface area contributed by atoms with Crippen LogP contribution in [-0.4, -0.2) is 25.7 Å². The van der Waals surface area contributed by atoms with Crippen molar-refractivity contribution < 1.29 is 9.53 Å². The molecule has 0 aliphatic rings. The zero-order chi connectivity index (χ0) is 13.8. The molecule has 0 aliphatic carbocycles. The minimum atomic E-state index is -0.515. The molecule has 0 aliphatic heterocycles. The first kappa shape index (κ1) is 13.0. The van der Waals surface area contributed by atoms with Gasteiger partial charge >= 0.3 is 5.97 Å². The molecule has 2 aromatic rings. The predicted octanol–water partition coefficient (Wildman–Crippen LogP) is 1.19. The van der Waals surface area contributed by atoms with Crippen molar-refractivity contribution in [1.82, 2.24) is 19.7 Å². The van der Waals surface area contributed by atoms with Crippen LogP contribution in [0.2, 0.25) is 0 Å². The van der Waals surface area contributed by atoms with Crippen LogP contribution in [0.4, 0.5) is 5.69 Å². The molecule has 7 heteroatoms. The van der Waals surface area contributed by atoms with E-state index in [4.69, 9.17) is 10.5 Å². The Morgan fingerprint density at radius 1 is 1.42 bits per heavy atom. The lowest BCUT2D eigenvalue weighted by molar-refractivity contribution is 0.0448. The molecular formula is C12H15N5O2. The summed E-state index contributed by atoms with van der Waals surface area (Å²) in [6, 6.07) is 3.27. The van der Waals surface area contributed by atoms with Crippen molar-refractivity contribution in [2.45, 2.75) is 26.5 Å². The second kappa shape index (κ2) is 5.47. The van der Waals surface area contributed by atoms with Gasteiger partial charge in [-0.05, 0) is 26.0 Å². The van der Waals surface area contributed by atoms with Crippen molar-refractivity contribution in [3.05, 3.63) is 36.2 Å². The highest BCUT2D eigenvalue weighted by atomic mass is 16.5. The van der Waals surface area contributed by atoms with Crippen LogP contribution >= 0.6 is 0 Å². The van der Waals surface area contributed by atoms with Gasteiger partial charge < -0.3 is 10.5 Å². The summed E-state index contributed by atoms with van der Waals surface area (Å²) in [5, 5.41) is 4.06. The molecule has 19 heavy (non-hydrogen) atoms. The molecule has 100 valence electrons. The molecule has 7 nitrogen and oxygen atoms in total. The van der Waals surface area contributed by atoms with Crippen LogP contribution < -0.4 is 5.73 Å². The number of nitrogen functional groups attached to an aromatic ring is 1. The van der Waals surface area contributed by atoms with E-state index in [0.29, 0.717) is 11.5 Å². The fourth-order valence-electron chi connectivity index (χ4n) is 1.54. The van der Waals surface area contributed by atoms with Crippen molar-refractivity contribution in [2.75, 3.05) is 5.73 Å². The lowest BCUT2D eigenvalue weighted by Gasteiger charge is -2.09. The number of carbonyl (C=O) groups excluding carboxylic acids is 1. The summed E-state index contributed by atoms with van der Waals surface area (Å²) >= 11 is 0. The summed E-state index contributed by atoms with van der Waals surface area (Å²) in [5.74, 6) is 0.0806. The highest BCUT2D eigenvalue weighted by Gasteiger charge is 2.12. The molecule has 0 saturated carbocycles. The van der Waals surface area contributed by atoms with Crippen molar-refractivity contribution in [1.29, 1.82) is 0 Å². The molecule has 0 fully saturated rings. The number of nitrogens with two attached hydrogens (primary N) is 1. The maximum atomic E-state index is 11.7. The topological polar surface area (TPSA) is 95.9 Å². The van der Waals surface area contributed by atoms with Gasteiger partial charge in [0.25, 0.3) is 0 Å². The fraction of sp³-hybridized carbons (Fsp3) is 0.333. The van der Waals surface area contributed by atoms with Gasteiger partial charge in [0.2, 0.25) is 0 Å². The Morgan fingerprint density at radius 3 is 2.84 bits per heavy atom. The Balaban J connectivity index is 2.00. The van der Waals surface area contributed by atoms with Crippen molar-refractivity contribution in [3.63, 3.8) is 0 Å². The third kappa shape index (κ3) is 3.06. The molecule has 2 N–H and O–H groups in total. The minimum Gasteiger partial charge on any atom is -0.453 e. The van der Waals surface area contributed by atoms with E-state index in [0.717, 1.165) is 0 Å². The van der Waals surface area contributed by atoms with Crippen LogP contribution in [0.25, 0.3) is 0 Å². The Kier molecular flexibility index (Phi) is 3.74. The highest BCUT2D eigenvalue weighted by molar-refractivity contribution is 5.87. The zero-order valence-corrected chi connectivity index (χ0v) is 10.8. The fourth-order valence-corrected chi connectivity index (χ4v) is 1.54. The average Bonchev–Trinajstić information content (AvgIpc) is 2.85. The Hall–Kier alpha value is -2.44. The van der Waals surface area contributed by atoms with Gasteiger partial charge in [-0.3, -0.25) is 0 Å². The standard InChI is InChI=1S/C12H15N5O2/c1-8(2)17-11(15-7-16-17)6-19-12(18)10-4-3-9(13)5-14-10/h3-5,7-8H,6,13H2,1-2H3. The third-order valence-corrected chi connectivity index (χ3v) is 2.46. The number of nitrogens with zero attached hydrogens (tertiary/aromatic N) is 4. The number of anilines is 1. The third-order valence-electron chi connectivity index (χ3n) is 2.46. The molecule has 0 amide bonds. The van der Waals surface area contributed by atoms with Crippen molar-refractivity contribution in [3.8, 4) is 0 Å². The van der Waals surface area contributed by atoms with Gasteiger partial charge in [-0.25, -0.2) is 19.4 Å². The molecule has 0 unspecified atom stereocenters. The first-order valence-electron chi connectivity index (χ1n) is 5.85. The number of hydrogen-bond acceptors (Lipinski definition) is 6. The zero-order valence-electron chi connectivity index (χ0n) is 10.8. The minimum absolute atomic E-state index is 0.0586. The van der Waals surface area contributed by atoms with Crippen LogP contribution in [0.1, 0.15) is 36.2 Å². The molecule has 0 radical (unpaired) electrons. The van der Waals surface area contributed by atoms with Gasteiger partial charge in [0.05, 0.1) is 11.9 Å². The van der Waals surface area contributed by atoms with E-state index in [9.17, 15) is 4.79 Å². The van der Waals surface area contributed by atoms with E-state index in [2.05, 4.69) is 15.1 Å². The summed E-state index contributed by atoms with van der Waals surface area (Å²) in [6.45, 7) is 4.01. The van der Waals surface area contributed by atoms with E-state index < -0.39 is 5.97 Å². The number of pyridine rings is 1. The second-order valence-corrected chi connectivity index (χ2v) is 4.27. The van der Waals surface area contributed by atoms with Crippen LogP contribution in [0.15, 0.2) is 24.7 Å². The quantitative estimate of drug-likeness (QED) is 0.830. The average molecular weight is 261 g/mol. The van der Waals surface area contributed by atoms with Gasteiger partial charge in [0.1, 0.15) is 12.0 Å². The number of ether oxygens (including phenoxy) is 1. The van der Waals surface area contributed by atoms with Gasteiger partial charge in [-0.1, -0.05) is 0 Å². The van der Waals surface area contributed by atoms with Crippen molar-refractivity contribution >= 4 is 11.7 Å². The number of aromatic nitrogens is 4. The first-order valence-corrected chi connectivity index (χ1v) is 5.85. The largest absolute Gasteiger partial charge is 0.453 e. The van der Waals surface area contributed by atoms with E-state index in [1.807, 2.05) is 13.8 Å². The van der Waals surface area contributed by atoms with Gasteiger partial charge in [0.15, 0.2) is 12.4 Å². The molecule has 0 spiro atoms. The lowest BCUT2D eigenvalue weighted by atomic mass is 10.3. The number of rotatable bonds is 4. The normalized spacial score (nSPS) is 10.7. The maximum Gasteiger partial charge on any atom is 0.357 e. The molecule has 2 heterocycles. The van der Waals surface area contributed by atoms with E-state index in [1.165, 1.54) is 18.6 Å².